The number of aromatic nitrogens is 2. The van der Waals surface area contributed by atoms with E-state index in [0.29, 0.717) is 18.7 Å². The molecule has 3 rings (SSSR count). The molecule has 4 nitrogen and oxygen atoms in total. The Labute approximate surface area is 157 Å². The quantitative estimate of drug-likeness (QED) is 0.618. The van der Waals surface area contributed by atoms with Gasteiger partial charge in [-0.05, 0) is 35.4 Å². The minimum absolute atomic E-state index is 0.0551. The summed E-state index contributed by atoms with van der Waals surface area (Å²) in [5, 5.41) is 7.17. The summed E-state index contributed by atoms with van der Waals surface area (Å²) in [5.41, 5.74) is 2.82. The summed E-state index contributed by atoms with van der Waals surface area (Å²) in [6.07, 6.45) is 3.84. The maximum absolute atomic E-state index is 12.1. The molecule has 0 bridgehead atoms. The molecule has 1 N–H and O–H groups in total. The predicted octanol–water partition coefficient (Wildman–Crippen LogP) is 4.64. The van der Waals surface area contributed by atoms with Gasteiger partial charge in [0.2, 0.25) is 5.91 Å². The Hall–Kier alpha value is -1.92. The van der Waals surface area contributed by atoms with Gasteiger partial charge in [0.1, 0.15) is 0 Å². The van der Waals surface area contributed by atoms with Crippen LogP contribution in [0, 0.1) is 0 Å². The maximum atomic E-state index is 12.1. The highest BCUT2D eigenvalue weighted by Crippen LogP contribution is 2.14. The number of benzene rings is 2. The molecule has 1 aromatic heterocycles. The van der Waals surface area contributed by atoms with E-state index in [1.165, 1.54) is 0 Å². The van der Waals surface area contributed by atoms with Gasteiger partial charge in [0.25, 0.3) is 0 Å². The Bertz CT molecular complexity index is 826. The third kappa shape index (κ3) is 4.79. The fourth-order valence-electron chi connectivity index (χ4n) is 2.28. The minimum atomic E-state index is -0.0551. The number of hydrogen-bond donors (Lipinski definition) is 1. The van der Waals surface area contributed by atoms with E-state index < -0.39 is 0 Å². The van der Waals surface area contributed by atoms with Crippen LogP contribution in [0.4, 0.5) is 5.69 Å². The van der Waals surface area contributed by atoms with Gasteiger partial charge in [-0.25, -0.2) is 0 Å². The normalized spacial score (nSPS) is 10.6. The second-order valence-corrected chi connectivity index (χ2v) is 7.24. The summed E-state index contributed by atoms with van der Waals surface area (Å²) in [7, 11) is 0. The minimum Gasteiger partial charge on any atom is -0.323 e. The van der Waals surface area contributed by atoms with Gasteiger partial charge in [-0.15, -0.1) is 0 Å². The molecule has 0 aliphatic carbocycles. The van der Waals surface area contributed by atoms with E-state index in [9.17, 15) is 4.79 Å². The monoisotopic (exact) mass is 447 g/mol. The third-order valence-corrected chi connectivity index (χ3v) is 4.51. The molecule has 1 heterocycles. The molecule has 0 aliphatic heterocycles. The summed E-state index contributed by atoms with van der Waals surface area (Å²) in [6.45, 7) is 0.663. The van der Waals surface area contributed by atoms with Gasteiger partial charge in [0.05, 0.1) is 24.8 Å². The van der Waals surface area contributed by atoms with Crippen molar-refractivity contribution in [2.75, 3.05) is 5.32 Å². The number of rotatable bonds is 5. The van der Waals surface area contributed by atoms with Gasteiger partial charge < -0.3 is 5.32 Å². The van der Waals surface area contributed by atoms with Crippen molar-refractivity contribution < 1.29 is 4.79 Å². The molecule has 0 radical (unpaired) electrons. The number of carbonyl (C=O) groups excluding carboxylic acids is 1. The molecule has 24 heavy (non-hydrogen) atoms. The van der Waals surface area contributed by atoms with Crippen LogP contribution in [0.25, 0.3) is 0 Å². The van der Waals surface area contributed by atoms with Gasteiger partial charge in [0, 0.05) is 15.1 Å². The van der Waals surface area contributed by atoms with Crippen molar-refractivity contribution in [2.24, 2.45) is 0 Å². The Morgan fingerprint density at radius 1 is 0.958 bits per heavy atom. The standard InChI is InChI=1S/C18H15Br2N3O/c19-15-5-1-13(2-6-15)9-18(24)22-17-10-21-23(12-17)11-14-3-7-16(20)8-4-14/h1-8,10,12H,9,11H2,(H,22,24). The molecule has 0 saturated heterocycles. The fraction of sp³-hybridized carbons (Fsp3) is 0.111. The average molecular weight is 449 g/mol. The van der Waals surface area contributed by atoms with Crippen molar-refractivity contribution in [1.29, 1.82) is 0 Å². The van der Waals surface area contributed by atoms with E-state index in [4.69, 9.17) is 0 Å². The molecule has 0 saturated carbocycles. The Kier molecular flexibility index (Phi) is 5.48. The largest absolute Gasteiger partial charge is 0.323 e. The predicted molar refractivity (Wildman–Crippen MR) is 102 cm³/mol. The van der Waals surface area contributed by atoms with Crippen molar-refractivity contribution in [1.82, 2.24) is 9.78 Å². The highest BCUT2D eigenvalue weighted by Gasteiger charge is 2.06. The zero-order valence-corrected chi connectivity index (χ0v) is 15.9. The lowest BCUT2D eigenvalue weighted by molar-refractivity contribution is -0.115. The number of halogens is 2. The first-order valence-corrected chi connectivity index (χ1v) is 8.98. The smallest absolute Gasteiger partial charge is 0.228 e. The van der Waals surface area contributed by atoms with Crippen LogP contribution in [0.15, 0.2) is 69.9 Å². The van der Waals surface area contributed by atoms with Crippen LogP contribution in [0.1, 0.15) is 11.1 Å². The van der Waals surface area contributed by atoms with Crippen LogP contribution >= 0.6 is 31.9 Å². The molecular formula is C18H15Br2N3O. The topological polar surface area (TPSA) is 46.9 Å². The van der Waals surface area contributed by atoms with Crippen molar-refractivity contribution in [3.8, 4) is 0 Å². The second-order valence-electron chi connectivity index (χ2n) is 5.40. The summed E-state index contributed by atoms with van der Waals surface area (Å²) in [6, 6.07) is 15.8. The van der Waals surface area contributed by atoms with Crippen LogP contribution in [0.3, 0.4) is 0 Å². The lowest BCUT2D eigenvalue weighted by Crippen LogP contribution is -2.13. The first-order chi connectivity index (χ1) is 11.6. The van der Waals surface area contributed by atoms with Crippen LogP contribution in [0.2, 0.25) is 0 Å². The number of anilines is 1. The van der Waals surface area contributed by atoms with Crippen LogP contribution in [-0.2, 0) is 17.8 Å². The van der Waals surface area contributed by atoms with E-state index in [2.05, 4.69) is 42.3 Å². The zero-order valence-electron chi connectivity index (χ0n) is 12.7. The molecule has 0 unspecified atom stereocenters. The molecule has 1 amide bonds. The van der Waals surface area contributed by atoms with Crippen molar-refractivity contribution >= 4 is 43.5 Å². The Morgan fingerprint density at radius 2 is 1.54 bits per heavy atom. The number of nitrogens with one attached hydrogen (secondary N) is 1. The number of carbonyl (C=O) groups is 1. The van der Waals surface area contributed by atoms with Gasteiger partial charge in [-0.3, -0.25) is 9.48 Å². The van der Waals surface area contributed by atoms with Crippen LogP contribution < -0.4 is 5.32 Å². The zero-order chi connectivity index (χ0) is 16.9. The summed E-state index contributed by atoms with van der Waals surface area (Å²) < 4.78 is 3.85. The molecule has 0 aliphatic rings. The number of amides is 1. The highest BCUT2D eigenvalue weighted by atomic mass is 79.9. The third-order valence-electron chi connectivity index (χ3n) is 3.45. The molecule has 2 aromatic carbocycles. The molecule has 0 fully saturated rings. The summed E-state index contributed by atoms with van der Waals surface area (Å²) in [4.78, 5) is 12.1. The van der Waals surface area contributed by atoms with E-state index >= 15 is 0 Å². The molecule has 6 heteroatoms. The second kappa shape index (κ2) is 7.77. The number of hydrogen-bond acceptors (Lipinski definition) is 2. The van der Waals surface area contributed by atoms with Gasteiger partial charge >= 0.3 is 0 Å². The van der Waals surface area contributed by atoms with E-state index in [0.717, 1.165) is 20.1 Å². The Balaban J connectivity index is 1.58. The molecule has 0 atom stereocenters. The molecular weight excluding hydrogens is 434 g/mol. The Morgan fingerprint density at radius 3 is 2.17 bits per heavy atom. The van der Waals surface area contributed by atoms with Crippen molar-refractivity contribution in [3.05, 3.63) is 81.0 Å². The van der Waals surface area contributed by atoms with Crippen molar-refractivity contribution in [3.63, 3.8) is 0 Å². The summed E-state index contributed by atoms with van der Waals surface area (Å²) >= 11 is 6.81. The van der Waals surface area contributed by atoms with Crippen LogP contribution in [-0.4, -0.2) is 15.7 Å². The van der Waals surface area contributed by atoms with Crippen LogP contribution in [0.5, 0.6) is 0 Å². The summed E-state index contributed by atoms with van der Waals surface area (Å²) in [5.74, 6) is -0.0551. The van der Waals surface area contributed by atoms with E-state index in [1.807, 2.05) is 54.7 Å². The van der Waals surface area contributed by atoms with Gasteiger partial charge in [0.15, 0.2) is 0 Å². The average Bonchev–Trinajstić information content (AvgIpc) is 2.99. The molecule has 3 aromatic rings. The lowest BCUT2D eigenvalue weighted by Gasteiger charge is -2.03. The molecule has 0 spiro atoms. The van der Waals surface area contributed by atoms with E-state index in [1.54, 1.807) is 10.9 Å². The first kappa shape index (κ1) is 16.9. The van der Waals surface area contributed by atoms with Gasteiger partial charge in [-0.1, -0.05) is 56.1 Å². The highest BCUT2D eigenvalue weighted by molar-refractivity contribution is 9.10. The molecule has 122 valence electrons. The van der Waals surface area contributed by atoms with Gasteiger partial charge in [-0.2, -0.15) is 5.10 Å². The SMILES string of the molecule is O=C(Cc1ccc(Br)cc1)Nc1cnn(Cc2ccc(Br)cc2)c1. The lowest BCUT2D eigenvalue weighted by atomic mass is 10.1. The van der Waals surface area contributed by atoms with Crippen molar-refractivity contribution in [2.45, 2.75) is 13.0 Å². The first-order valence-electron chi connectivity index (χ1n) is 7.40. The maximum Gasteiger partial charge on any atom is 0.228 e. The van der Waals surface area contributed by atoms with E-state index in [-0.39, 0.29) is 5.91 Å². The number of nitrogens with zero attached hydrogens (tertiary/aromatic N) is 2. The fourth-order valence-corrected chi connectivity index (χ4v) is 2.81.